The van der Waals surface area contributed by atoms with Gasteiger partial charge in [-0.15, -0.1) is 0 Å². The van der Waals surface area contributed by atoms with Gasteiger partial charge in [0.15, 0.2) is 11.6 Å². The van der Waals surface area contributed by atoms with Gasteiger partial charge in [-0.3, -0.25) is 9.69 Å². The van der Waals surface area contributed by atoms with Gasteiger partial charge in [-0.05, 0) is 75.3 Å². The highest BCUT2D eigenvalue weighted by molar-refractivity contribution is 5.95. The Kier molecular flexibility index (Phi) is 6.79. The van der Waals surface area contributed by atoms with Crippen molar-refractivity contribution in [1.29, 1.82) is 0 Å². The highest BCUT2D eigenvalue weighted by Gasteiger charge is 2.33. The molecule has 0 bridgehead atoms. The summed E-state index contributed by atoms with van der Waals surface area (Å²) in [4.78, 5) is 30.9. The Hall–Kier alpha value is -3.62. The summed E-state index contributed by atoms with van der Waals surface area (Å²) in [6.07, 6.45) is 4.26. The van der Waals surface area contributed by atoms with E-state index in [1.165, 1.54) is 20.3 Å². The van der Waals surface area contributed by atoms with Crippen LogP contribution in [0, 0.1) is 11.7 Å². The highest BCUT2D eigenvalue weighted by Crippen LogP contribution is 2.40. The van der Waals surface area contributed by atoms with E-state index >= 15 is 0 Å². The average Bonchev–Trinajstić information content (AvgIpc) is 3.26. The summed E-state index contributed by atoms with van der Waals surface area (Å²) in [5.74, 6) is -0.503. The van der Waals surface area contributed by atoms with E-state index in [2.05, 4.69) is 4.57 Å². The van der Waals surface area contributed by atoms with Gasteiger partial charge in [0.1, 0.15) is 5.82 Å². The first-order valence-electron chi connectivity index (χ1n) is 12.8. The Balaban J connectivity index is 1.61. The van der Waals surface area contributed by atoms with Crippen molar-refractivity contribution in [1.82, 2.24) is 9.55 Å². The molecule has 0 unspecified atom stereocenters. The first-order valence-corrected chi connectivity index (χ1v) is 12.8. The minimum atomic E-state index is -0.742. The Morgan fingerprint density at radius 2 is 1.86 bits per heavy atom. The van der Waals surface area contributed by atoms with Crippen LogP contribution in [0.3, 0.4) is 0 Å². The molecule has 1 aliphatic carbocycles. The molecule has 2 heterocycles. The van der Waals surface area contributed by atoms with Crippen LogP contribution in [-0.4, -0.2) is 47.0 Å². The number of nitrogens with zero attached hydrogens (tertiary/aromatic N) is 3. The molecule has 1 fully saturated rings. The van der Waals surface area contributed by atoms with Crippen LogP contribution < -0.4 is 9.64 Å². The average molecular weight is 510 g/mol. The van der Waals surface area contributed by atoms with E-state index in [4.69, 9.17) is 14.5 Å². The monoisotopic (exact) mass is 509 g/mol. The van der Waals surface area contributed by atoms with Gasteiger partial charge in [0.25, 0.3) is 0 Å². The van der Waals surface area contributed by atoms with Gasteiger partial charge in [-0.2, -0.15) is 0 Å². The third-order valence-corrected chi connectivity index (χ3v) is 7.89. The molecule has 8 nitrogen and oxygen atoms in total. The lowest BCUT2D eigenvalue weighted by Gasteiger charge is -2.34. The summed E-state index contributed by atoms with van der Waals surface area (Å²) in [5, 5.41) is 9.48. The van der Waals surface area contributed by atoms with Crippen LogP contribution in [0.25, 0.3) is 11.0 Å². The zero-order chi connectivity index (χ0) is 26.3. The molecule has 0 saturated heterocycles. The van der Waals surface area contributed by atoms with Crippen molar-refractivity contribution in [2.45, 2.75) is 64.0 Å². The molecule has 0 spiro atoms. The van der Waals surface area contributed by atoms with Crippen LogP contribution in [-0.2, 0) is 22.4 Å². The summed E-state index contributed by atoms with van der Waals surface area (Å²) < 4.78 is 26.8. The summed E-state index contributed by atoms with van der Waals surface area (Å²) in [6.45, 7) is 2.01. The molecule has 2 aromatic carbocycles. The van der Waals surface area contributed by atoms with Crippen molar-refractivity contribution < 1.29 is 28.6 Å². The van der Waals surface area contributed by atoms with E-state index in [9.17, 15) is 19.1 Å². The number of halogens is 1. The van der Waals surface area contributed by atoms with Gasteiger partial charge in [0, 0.05) is 24.1 Å². The third-order valence-electron chi connectivity index (χ3n) is 7.89. The largest absolute Gasteiger partial charge is 0.494 e. The molecular formula is C28H32FN3O5. The van der Waals surface area contributed by atoms with Gasteiger partial charge in [0.2, 0.25) is 0 Å². The van der Waals surface area contributed by atoms with Crippen molar-refractivity contribution >= 4 is 28.8 Å². The number of benzene rings is 2. The Bertz CT molecular complexity index is 1350. The predicted octanol–water partition coefficient (Wildman–Crippen LogP) is 5.50. The second-order valence-corrected chi connectivity index (χ2v) is 10.0. The number of carbonyl (C=O) groups is 2. The molecule has 5 rings (SSSR count). The standard InChI is InChI=1S/C28H32FN3O5/c1-16-4-10-20-22(31(16)28(35)37-3)11-12-23-26(20)30-25(15-17-5-13-24(36-2)21(29)14-17)32(23)19-8-6-18(7-9-19)27(33)34/h5,11-14,16,18-19H,4,6-10,15H2,1-3H3,(H,33,34)/t16-,18?,19?/m0/s1. The van der Waals surface area contributed by atoms with Gasteiger partial charge in [-0.1, -0.05) is 6.07 Å². The fourth-order valence-corrected chi connectivity index (χ4v) is 5.94. The van der Waals surface area contributed by atoms with Crippen LogP contribution in [0.5, 0.6) is 5.75 Å². The van der Waals surface area contributed by atoms with Gasteiger partial charge in [-0.25, -0.2) is 14.2 Å². The predicted molar refractivity (Wildman–Crippen MR) is 137 cm³/mol. The maximum atomic E-state index is 14.5. The zero-order valence-corrected chi connectivity index (χ0v) is 21.4. The van der Waals surface area contributed by atoms with E-state index in [-0.39, 0.29) is 23.8 Å². The first kappa shape index (κ1) is 25.0. The smallest absolute Gasteiger partial charge is 0.414 e. The number of aromatic nitrogens is 2. The molecule has 37 heavy (non-hydrogen) atoms. The van der Waals surface area contributed by atoms with E-state index in [0.717, 1.165) is 59.4 Å². The lowest BCUT2D eigenvalue weighted by Crippen LogP contribution is -2.42. The number of amides is 1. The summed E-state index contributed by atoms with van der Waals surface area (Å²) in [6, 6.07) is 8.98. The topological polar surface area (TPSA) is 93.9 Å². The Morgan fingerprint density at radius 1 is 1.11 bits per heavy atom. The third kappa shape index (κ3) is 4.51. The molecule has 9 heteroatoms. The number of hydrogen-bond acceptors (Lipinski definition) is 5. The summed E-state index contributed by atoms with van der Waals surface area (Å²) in [5.41, 5.74) is 4.37. The fraction of sp³-hybridized carbons (Fsp3) is 0.464. The van der Waals surface area contributed by atoms with Gasteiger partial charge in [0.05, 0.1) is 36.9 Å². The molecule has 1 N–H and O–H groups in total. The second-order valence-electron chi connectivity index (χ2n) is 10.0. The van der Waals surface area contributed by atoms with E-state index in [1.54, 1.807) is 11.0 Å². The van der Waals surface area contributed by atoms with E-state index in [1.807, 2.05) is 25.1 Å². The van der Waals surface area contributed by atoms with Crippen molar-refractivity contribution in [2.75, 3.05) is 19.1 Å². The number of anilines is 1. The van der Waals surface area contributed by atoms with Gasteiger partial charge >= 0.3 is 12.1 Å². The van der Waals surface area contributed by atoms with Crippen molar-refractivity contribution in [3.05, 3.63) is 53.1 Å². The Labute approximate surface area is 215 Å². The van der Waals surface area contributed by atoms with Crippen molar-refractivity contribution in [3.8, 4) is 5.75 Å². The summed E-state index contributed by atoms with van der Waals surface area (Å²) in [7, 11) is 2.82. The normalized spacial score (nSPS) is 21.5. The van der Waals surface area contributed by atoms with Crippen molar-refractivity contribution in [3.63, 3.8) is 0 Å². The zero-order valence-electron chi connectivity index (χ0n) is 21.4. The molecule has 0 radical (unpaired) electrons. The molecule has 2 aliphatic rings. The number of carboxylic acid groups (broad SMARTS) is 1. The highest BCUT2D eigenvalue weighted by atomic mass is 19.1. The lowest BCUT2D eigenvalue weighted by atomic mass is 9.85. The molecule has 196 valence electrons. The van der Waals surface area contributed by atoms with E-state index in [0.29, 0.717) is 19.3 Å². The second kappa shape index (κ2) is 10.0. The fourth-order valence-electron chi connectivity index (χ4n) is 5.94. The number of aliphatic carboxylic acids is 1. The van der Waals surface area contributed by atoms with Crippen LogP contribution in [0.4, 0.5) is 14.9 Å². The molecule has 1 aliphatic heterocycles. The summed E-state index contributed by atoms with van der Waals surface area (Å²) >= 11 is 0. The number of imidazole rings is 1. The quantitative estimate of drug-likeness (QED) is 0.488. The number of rotatable bonds is 5. The number of carboxylic acids is 1. The number of hydrogen-bond donors (Lipinski definition) is 1. The number of aryl methyl sites for hydroxylation is 1. The molecular weight excluding hydrogens is 477 g/mol. The Morgan fingerprint density at radius 3 is 2.51 bits per heavy atom. The molecule has 1 aromatic heterocycles. The number of fused-ring (bicyclic) bond motifs is 3. The van der Waals surface area contributed by atoms with Crippen molar-refractivity contribution in [2.24, 2.45) is 5.92 Å². The van der Waals surface area contributed by atoms with Crippen LogP contribution in [0.15, 0.2) is 30.3 Å². The maximum absolute atomic E-state index is 14.5. The van der Waals surface area contributed by atoms with Crippen LogP contribution in [0.1, 0.15) is 62.0 Å². The lowest BCUT2D eigenvalue weighted by molar-refractivity contribution is -0.143. The number of carbonyl (C=O) groups excluding carboxylic acids is 1. The minimum Gasteiger partial charge on any atom is -0.494 e. The number of ether oxygens (including phenoxy) is 2. The SMILES string of the molecule is COC(=O)N1c2ccc3c(nc(Cc4ccc(OC)c(F)c4)n3C3CCC(C(=O)O)CC3)c2CC[C@@H]1C. The first-order chi connectivity index (χ1) is 17.8. The molecule has 1 atom stereocenters. The minimum absolute atomic E-state index is 0.00697. The van der Waals surface area contributed by atoms with Crippen LogP contribution >= 0.6 is 0 Å². The molecule has 1 saturated carbocycles. The molecule has 3 aromatic rings. The van der Waals surface area contributed by atoms with Gasteiger partial charge < -0.3 is 19.1 Å². The number of methoxy groups -OCH3 is 2. The van der Waals surface area contributed by atoms with Crippen LogP contribution in [0.2, 0.25) is 0 Å². The van der Waals surface area contributed by atoms with E-state index < -0.39 is 17.9 Å². The maximum Gasteiger partial charge on any atom is 0.414 e. The molecule has 1 amide bonds.